The van der Waals surface area contributed by atoms with Crippen LogP contribution in [0.25, 0.3) is 0 Å². The van der Waals surface area contributed by atoms with E-state index in [2.05, 4.69) is 5.32 Å². The molecule has 0 saturated heterocycles. The number of hydrogen-bond donors (Lipinski definition) is 2. The van der Waals surface area contributed by atoms with E-state index in [1.165, 1.54) is 0 Å². The van der Waals surface area contributed by atoms with Gasteiger partial charge in [0.05, 0.1) is 12.7 Å². The van der Waals surface area contributed by atoms with Crippen molar-refractivity contribution in [2.24, 2.45) is 5.92 Å². The molecule has 4 nitrogen and oxygen atoms in total. The van der Waals surface area contributed by atoms with Gasteiger partial charge in [-0.15, -0.1) is 0 Å². The highest BCUT2D eigenvalue weighted by Crippen LogP contribution is 2.33. The minimum Gasteiger partial charge on any atom is -0.392 e. The van der Waals surface area contributed by atoms with Gasteiger partial charge >= 0.3 is 0 Å². The Morgan fingerprint density at radius 3 is 2.84 bits per heavy atom. The second-order valence-electron chi connectivity index (χ2n) is 4.98. The maximum atomic E-state index is 11.9. The molecule has 1 aliphatic rings. The molecule has 2 rings (SSSR count). The zero-order valence-corrected chi connectivity index (χ0v) is 11.3. The number of nitrogens with one attached hydrogen (secondary N) is 1. The number of carbonyl (C=O) groups excluding carboxylic acids is 1. The van der Waals surface area contributed by atoms with E-state index in [-0.39, 0.29) is 12.5 Å². The molecule has 1 saturated carbocycles. The average Bonchev–Trinajstić information content (AvgIpc) is 2.37. The first kappa shape index (κ1) is 14.0. The number of carbonyl (C=O) groups is 1. The molecule has 0 atom stereocenters. The third kappa shape index (κ3) is 3.78. The van der Waals surface area contributed by atoms with Crippen molar-refractivity contribution in [2.45, 2.75) is 38.9 Å². The molecule has 0 aliphatic heterocycles. The summed E-state index contributed by atoms with van der Waals surface area (Å²) in [5, 5.41) is 12.1. The summed E-state index contributed by atoms with van der Waals surface area (Å²) in [7, 11) is 0. The number of rotatable bonds is 6. The van der Waals surface area contributed by atoms with E-state index < -0.39 is 0 Å². The quantitative estimate of drug-likeness (QED) is 0.828. The van der Waals surface area contributed by atoms with E-state index >= 15 is 0 Å². The number of ether oxygens (including phenoxy) is 1. The van der Waals surface area contributed by atoms with Crippen molar-refractivity contribution < 1.29 is 14.6 Å². The lowest BCUT2D eigenvalue weighted by atomic mass is 9.80. The molecule has 1 fully saturated rings. The Labute approximate surface area is 113 Å². The molecule has 0 aromatic heterocycles. The van der Waals surface area contributed by atoms with E-state index in [0.29, 0.717) is 24.1 Å². The summed E-state index contributed by atoms with van der Waals surface area (Å²) in [6, 6.07) is 7.32. The Balaban J connectivity index is 1.79. The van der Waals surface area contributed by atoms with Crippen molar-refractivity contribution in [3.8, 4) is 0 Å². The first-order valence-electron chi connectivity index (χ1n) is 6.83. The van der Waals surface area contributed by atoms with Crippen LogP contribution in [0.5, 0.6) is 0 Å². The molecule has 19 heavy (non-hydrogen) atoms. The van der Waals surface area contributed by atoms with E-state index in [0.717, 1.165) is 25.0 Å². The van der Waals surface area contributed by atoms with Gasteiger partial charge in [0.2, 0.25) is 5.91 Å². The Morgan fingerprint density at radius 2 is 2.16 bits per heavy atom. The number of aliphatic hydroxyl groups excluding tert-OH is 1. The van der Waals surface area contributed by atoms with E-state index in [9.17, 15) is 9.90 Å². The summed E-state index contributed by atoms with van der Waals surface area (Å²) in [5.41, 5.74) is 1.45. The first-order valence-corrected chi connectivity index (χ1v) is 6.83. The normalized spacial score (nSPS) is 21.8. The van der Waals surface area contributed by atoms with E-state index in [1.54, 1.807) is 0 Å². The van der Waals surface area contributed by atoms with Gasteiger partial charge in [-0.25, -0.2) is 0 Å². The highest BCUT2D eigenvalue weighted by Gasteiger charge is 2.31. The molecular weight excluding hydrogens is 242 g/mol. The van der Waals surface area contributed by atoms with Crippen molar-refractivity contribution in [3.63, 3.8) is 0 Å². The van der Waals surface area contributed by atoms with Crippen LogP contribution >= 0.6 is 0 Å². The average molecular weight is 263 g/mol. The number of hydrogen-bond acceptors (Lipinski definition) is 3. The zero-order chi connectivity index (χ0) is 13.7. The van der Waals surface area contributed by atoms with Crippen LogP contribution in [-0.2, 0) is 16.1 Å². The Morgan fingerprint density at radius 1 is 1.42 bits per heavy atom. The molecule has 1 aromatic carbocycles. The molecule has 104 valence electrons. The molecule has 0 bridgehead atoms. The van der Waals surface area contributed by atoms with E-state index in [1.807, 2.05) is 31.2 Å². The molecule has 1 amide bonds. The lowest BCUT2D eigenvalue weighted by molar-refractivity contribution is -0.119. The van der Waals surface area contributed by atoms with Gasteiger partial charge in [0, 0.05) is 24.3 Å². The number of amides is 1. The second kappa shape index (κ2) is 6.68. The summed E-state index contributed by atoms with van der Waals surface area (Å²) >= 11 is 0. The molecule has 2 N–H and O–H groups in total. The van der Waals surface area contributed by atoms with Crippen LogP contribution < -0.4 is 5.32 Å². The topological polar surface area (TPSA) is 58.6 Å². The van der Waals surface area contributed by atoms with E-state index in [4.69, 9.17) is 4.74 Å². The fourth-order valence-corrected chi connectivity index (χ4v) is 2.46. The number of benzene rings is 1. The minimum atomic E-state index is -0.0632. The van der Waals surface area contributed by atoms with Gasteiger partial charge in [-0.2, -0.15) is 0 Å². The third-order valence-electron chi connectivity index (χ3n) is 3.53. The number of aliphatic hydroxyl groups is 1. The predicted molar refractivity (Wildman–Crippen MR) is 73.7 cm³/mol. The molecule has 4 heteroatoms. The van der Waals surface area contributed by atoms with Crippen molar-refractivity contribution in [1.82, 2.24) is 0 Å². The fraction of sp³-hybridized carbons (Fsp3) is 0.533. The second-order valence-corrected chi connectivity index (χ2v) is 4.98. The maximum absolute atomic E-state index is 11.9. The van der Waals surface area contributed by atoms with Gasteiger partial charge in [-0.3, -0.25) is 4.79 Å². The van der Waals surface area contributed by atoms with Crippen molar-refractivity contribution in [3.05, 3.63) is 29.8 Å². The van der Waals surface area contributed by atoms with Gasteiger partial charge in [-0.1, -0.05) is 18.2 Å². The van der Waals surface area contributed by atoms with Crippen LogP contribution in [-0.4, -0.2) is 23.7 Å². The molecule has 1 aliphatic carbocycles. The standard InChI is InChI=1S/C15H21NO3/c1-2-19-13-7-11(8-13)9-15(18)16-14-6-4-3-5-12(14)10-17/h3-6,11,13,17H,2,7-10H2,1H3,(H,16,18). The predicted octanol–water partition coefficient (Wildman–Crippen LogP) is 2.32. The molecule has 1 aromatic rings. The third-order valence-corrected chi connectivity index (χ3v) is 3.53. The van der Waals surface area contributed by atoms with Gasteiger partial charge in [-0.05, 0) is 31.7 Å². The SMILES string of the molecule is CCOC1CC(CC(=O)Nc2ccccc2CO)C1. The molecule has 0 radical (unpaired) electrons. The van der Waals surface area contributed by atoms with Crippen molar-refractivity contribution in [1.29, 1.82) is 0 Å². The summed E-state index contributed by atoms with van der Waals surface area (Å²) in [5.74, 6) is 0.443. The fourth-order valence-electron chi connectivity index (χ4n) is 2.46. The largest absolute Gasteiger partial charge is 0.392 e. The molecule has 0 heterocycles. The van der Waals surface area contributed by atoms with Crippen molar-refractivity contribution in [2.75, 3.05) is 11.9 Å². The smallest absolute Gasteiger partial charge is 0.224 e. The Bertz CT molecular complexity index is 427. The Hall–Kier alpha value is -1.39. The van der Waals surface area contributed by atoms with Crippen LogP contribution in [0.15, 0.2) is 24.3 Å². The monoisotopic (exact) mass is 263 g/mol. The minimum absolute atomic E-state index is 0.0147. The lowest BCUT2D eigenvalue weighted by Gasteiger charge is -2.34. The van der Waals surface area contributed by atoms with Crippen LogP contribution in [0.4, 0.5) is 5.69 Å². The van der Waals surface area contributed by atoms with Crippen LogP contribution in [0, 0.1) is 5.92 Å². The Kier molecular flexibility index (Phi) is 4.93. The van der Waals surface area contributed by atoms with Gasteiger partial charge < -0.3 is 15.2 Å². The molecular formula is C15H21NO3. The summed E-state index contributed by atoms with van der Waals surface area (Å²) in [6.45, 7) is 2.67. The maximum Gasteiger partial charge on any atom is 0.224 e. The highest BCUT2D eigenvalue weighted by molar-refractivity contribution is 5.91. The first-order chi connectivity index (χ1) is 9.22. The van der Waals surface area contributed by atoms with Crippen LogP contribution in [0.1, 0.15) is 31.7 Å². The van der Waals surface area contributed by atoms with Gasteiger partial charge in [0.15, 0.2) is 0 Å². The van der Waals surface area contributed by atoms with Crippen LogP contribution in [0.2, 0.25) is 0 Å². The lowest BCUT2D eigenvalue weighted by Crippen LogP contribution is -2.34. The van der Waals surface area contributed by atoms with Gasteiger partial charge in [0.1, 0.15) is 0 Å². The number of anilines is 1. The van der Waals surface area contributed by atoms with Crippen molar-refractivity contribution >= 4 is 11.6 Å². The van der Waals surface area contributed by atoms with Crippen LogP contribution in [0.3, 0.4) is 0 Å². The molecule has 0 spiro atoms. The summed E-state index contributed by atoms with van der Waals surface area (Å²) < 4.78 is 5.48. The zero-order valence-electron chi connectivity index (χ0n) is 11.3. The molecule has 0 unspecified atom stereocenters. The summed E-state index contributed by atoms with van der Waals surface area (Å²) in [4.78, 5) is 11.9. The highest BCUT2D eigenvalue weighted by atomic mass is 16.5. The number of para-hydroxylation sites is 1. The summed E-state index contributed by atoms with van der Waals surface area (Å²) in [6.07, 6.45) is 2.82. The van der Waals surface area contributed by atoms with Gasteiger partial charge in [0.25, 0.3) is 0 Å².